The largest absolute Gasteiger partial charge is 0.396 e. The van der Waals surface area contributed by atoms with Gasteiger partial charge in [0, 0.05) is 12.6 Å². The summed E-state index contributed by atoms with van der Waals surface area (Å²) in [5.74, 6) is 0.517. The molecule has 2 N–H and O–H groups in total. The van der Waals surface area contributed by atoms with Gasteiger partial charge in [-0.05, 0) is 25.3 Å². The van der Waals surface area contributed by atoms with E-state index in [9.17, 15) is 0 Å². The first-order valence-corrected chi connectivity index (χ1v) is 4.72. The number of aliphatic hydroxyl groups is 1. The summed E-state index contributed by atoms with van der Waals surface area (Å²) in [7, 11) is 0. The molecule has 0 amide bonds. The molecule has 2 heteroatoms. The maximum Gasteiger partial charge on any atom is 0.0474 e. The lowest BCUT2D eigenvalue weighted by Gasteiger charge is -2.30. The molecule has 0 aromatic rings. The minimum atomic E-state index is 0.359. The molecule has 66 valence electrons. The van der Waals surface area contributed by atoms with Crippen LogP contribution in [-0.2, 0) is 0 Å². The molecule has 0 aromatic heterocycles. The molecule has 0 heterocycles. The summed E-state index contributed by atoms with van der Waals surface area (Å²) in [4.78, 5) is 0. The molecule has 0 radical (unpaired) electrons. The normalized spacial score (nSPS) is 32.2. The molecule has 0 unspecified atom stereocenters. The molecule has 0 spiro atoms. The Morgan fingerprint density at radius 2 is 2.09 bits per heavy atom. The van der Waals surface area contributed by atoms with E-state index in [1.54, 1.807) is 0 Å². The zero-order chi connectivity index (χ0) is 8.10. The van der Waals surface area contributed by atoms with Gasteiger partial charge < -0.3 is 10.4 Å². The van der Waals surface area contributed by atoms with Crippen molar-refractivity contribution in [2.45, 2.75) is 38.6 Å². The van der Waals surface area contributed by atoms with E-state index in [2.05, 4.69) is 12.2 Å². The summed E-state index contributed by atoms with van der Waals surface area (Å²) in [6, 6.07) is 0.582. The predicted octanol–water partition coefficient (Wildman–Crippen LogP) is 1.15. The average molecular weight is 157 g/mol. The number of hydrogen-bond acceptors (Lipinski definition) is 2. The van der Waals surface area contributed by atoms with E-state index in [0.717, 1.165) is 6.54 Å². The van der Waals surface area contributed by atoms with Crippen molar-refractivity contribution in [2.24, 2.45) is 5.92 Å². The quantitative estimate of drug-likeness (QED) is 0.644. The summed E-state index contributed by atoms with van der Waals surface area (Å²) in [6.45, 7) is 3.52. The van der Waals surface area contributed by atoms with Gasteiger partial charge in [-0.3, -0.25) is 0 Å². The summed E-state index contributed by atoms with van der Waals surface area (Å²) in [5.41, 5.74) is 0. The van der Waals surface area contributed by atoms with Crippen LogP contribution in [0.5, 0.6) is 0 Å². The van der Waals surface area contributed by atoms with E-state index < -0.39 is 0 Å². The molecule has 1 saturated carbocycles. The Kier molecular flexibility index (Phi) is 3.87. The zero-order valence-corrected chi connectivity index (χ0v) is 7.34. The third-order valence-corrected chi connectivity index (χ3v) is 2.61. The van der Waals surface area contributed by atoms with Crippen LogP contribution in [0.15, 0.2) is 0 Å². The summed E-state index contributed by atoms with van der Waals surface area (Å²) in [5, 5.41) is 12.5. The van der Waals surface area contributed by atoms with Crippen molar-refractivity contribution in [2.75, 3.05) is 13.2 Å². The molecule has 1 aliphatic rings. The highest BCUT2D eigenvalue weighted by molar-refractivity contribution is 4.79. The highest BCUT2D eigenvalue weighted by Crippen LogP contribution is 2.23. The molecule has 2 nitrogen and oxygen atoms in total. The maximum absolute atomic E-state index is 9.05. The standard InChI is InChI=1S/C9H19NO/c1-2-10-9-6-4-3-5-8(9)7-11/h8-11H,2-7H2,1H3/t8-,9+/m0/s1. The molecule has 0 aliphatic heterocycles. The molecular formula is C9H19NO. The Bertz CT molecular complexity index is 104. The van der Waals surface area contributed by atoms with Gasteiger partial charge >= 0.3 is 0 Å². The van der Waals surface area contributed by atoms with Gasteiger partial charge in [0.05, 0.1) is 0 Å². The van der Waals surface area contributed by atoms with Gasteiger partial charge in [-0.15, -0.1) is 0 Å². The first kappa shape index (κ1) is 9.01. The SMILES string of the molecule is CCN[C@@H]1CCCC[C@H]1CO. The fourth-order valence-electron chi connectivity index (χ4n) is 1.96. The molecule has 0 bridgehead atoms. The minimum Gasteiger partial charge on any atom is -0.396 e. The Balaban J connectivity index is 2.31. The molecule has 1 rings (SSSR count). The van der Waals surface area contributed by atoms with Crippen molar-refractivity contribution in [1.82, 2.24) is 5.32 Å². The van der Waals surface area contributed by atoms with Crippen molar-refractivity contribution < 1.29 is 5.11 Å². The van der Waals surface area contributed by atoms with Gasteiger partial charge in [-0.1, -0.05) is 19.8 Å². The Hall–Kier alpha value is -0.0800. The first-order valence-electron chi connectivity index (χ1n) is 4.72. The molecule has 1 fully saturated rings. The molecule has 0 aromatic carbocycles. The van der Waals surface area contributed by atoms with E-state index in [4.69, 9.17) is 5.11 Å². The molecule has 11 heavy (non-hydrogen) atoms. The smallest absolute Gasteiger partial charge is 0.0474 e. The second-order valence-electron chi connectivity index (χ2n) is 3.39. The minimum absolute atomic E-state index is 0.359. The van der Waals surface area contributed by atoms with Gasteiger partial charge in [0.15, 0.2) is 0 Å². The summed E-state index contributed by atoms with van der Waals surface area (Å²) < 4.78 is 0. The molecule has 1 aliphatic carbocycles. The lowest BCUT2D eigenvalue weighted by molar-refractivity contribution is 0.154. The van der Waals surface area contributed by atoms with E-state index in [-0.39, 0.29) is 0 Å². The van der Waals surface area contributed by atoms with E-state index in [0.29, 0.717) is 18.6 Å². The van der Waals surface area contributed by atoms with Gasteiger partial charge in [-0.2, -0.15) is 0 Å². The van der Waals surface area contributed by atoms with Crippen molar-refractivity contribution >= 4 is 0 Å². The monoisotopic (exact) mass is 157 g/mol. The Morgan fingerprint density at radius 3 is 2.73 bits per heavy atom. The van der Waals surface area contributed by atoms with Crippen LogP contribution in [0.4, 0.5) is 0 Å². The number of rotatable bonds is 3. The van der Waals surface area contributed by atoms with Gasteiger partial charge in [0.25, 0.3) is 0 Å². The fraction of sp³-hybridized carbons (Fsp3) is 1.00. The Labute approximate surface area is 69.0 Å². The van der Waals surface area contributed by atoms with Crippen LogP contribution in [0.25, 0.3) is 0 Å². The number of aliphatic hydroxyl groups excluding tert-OH is 1. The second kappa shape index (κ2) is 4.73. The van der Waals surface area contributed by atoms with Crippen molar-refractivity contribution in [1.29, 1.82) is 0 Å². The van der Waals surface area contributed by atoms with E-state index >= 15 is 0 Å². The van der Waals surface area contributed by atoms with Gasteiger partial charge in [-0.25, -0.2) is 0 Å². The van der Waals surface area contributed by atoms with Gasteiger partial charge in [0.1, 0.15) is 0 Å². The average Bonchev–Trinajstić information content (AvgIpc) is 2.06. The second-order valence-corrected chi connectivity index (χ2v) is 3.39. The van der Waals surface area contributed by atoms with Crippen LogP contribution in [0.2, 0.25) is 0 Å². The molecule has 2 atom stereocenters. The first-order chi connectivity index (χ1) is 5.38. The fourth-order valence-corrected chi connectivity index (χ4v) is 1.96. The van der Waals surface area contributed by atoms with E-state index in [1.807, 2.05) is 0 Å². The number of hydrogen-bond donors (Lipinski definition) is 2. The van der Waals surface area contributed by atoms with Crippen LogP contribution in [0.1, 0.15) is 32.6 Å². The maximum atomic E-state index is 9.05. The zero-order valence-electron chi connectivity index (χ0n) is 7.34. The third kappa shape index (κ3) is 2.46. The lowest BCUT2D eigenvalue weighted by atomic mass is 9.85. The van der Waals surface area contributed by atoms with Crippen molar-refractivity contribution in [3.05, 3.63) is 0 Å². The predicted molar refractivity (Wildman–Crippen MR) is 46.5 cm³/mol. The third-order valence-electron chi connectivity index (χ3n) is 2.61. The van der Waals surface area contributed by atoms with Crippen molar-refractivity contribution in [3.8, 4) is 0 Å². The van der Waals surface area contributed by atoms with Crippen molar-refractivity contribution in [3.63, 3.8) is 0 Å². The van der Waals surface area contributed by atoms with Crippen LogP contribution < -0.4 is 5.32 Å². The van der Waals surface area contributed by atoms with E-state index in [1.165, 1.54) is 25.7 Å². The van der Waals surface area contributed by atoms with Crippen LogP contribution in [0.3, 0.4) is 0 Å². The van der Waals surface area contributed by atoms with Crippen LogP contribution in [0, 0.1) is 5.92 Å². The molecule has 0 saturated heterocycles. The Morgan fingerprint density at radius 1 is 1.36 bits per heavy atom. The highest BCUT2D eigenvalue weighted by atomic mass is 16.3. The number of nitrogens with one attached hydrogen (secondary N) is 1. The molecular weight excluding hydrogens is 138 g/mol. The topological polar surface area (TPSA) is 32.3 Å². The summed E-state index contributed by atoms with van der Waals surface area (Å²) in [6.07, 6.45) is 5.08. The van der Waals surface area contributed by atoms with Crippen LogP contribution >= 0.6 is 0 Å². The van der Waals surface area contributed by atoms with Crippen LogP contribution in [-0.4, -0.2) is 24.3 Å². The van der Waals surface area contributed by atoms with Gasteiger partial charge in [0.2, 0.25) is 0 Å². The highest BCUT2D eigenvalue weighted by Gasteiger charge is 2.22. The lowest BCUT2D eigenvalue weighted by Crippen LogP contribution is -2.39. The summed E-state index contributed by atoms with van der Waals surface area (Å²) >= 11 is 0.